The maximum absolute atomic E-state index is 5.97. The Hall–Kier alpha value is -2.82. The number of nitrogens with one attached hydrogen (secondary N) is 2. The highest BCUT2D eigenvalue weighted by atomic mass is 127. The van der Waals surface area contributed by atoms with Gasteiger partial charge in [-0.25, -0.2) is 9.67 Å². The van der Waals surface area contributed by atoms with Crippen molar-refractivity contribution in [1.82, 2.24) is 25.4 Å². The van der Waals surface area contributed by atoms with Crippen LogP contribution in [0.3, 0.4) is 0 Å². The molecule has 1 unspecified atom stereocenters. The molecule has 2 heterocycles. The van der Waals surface area contributed by atoms with E-state index in [-0.39, 0.29) is 30.1 Å². The maximum atomic E-state index is 5.97. The first-order valence-corrected chi connectivity index (χ1v) is 10.2. The van der Waals surface area contributed by atoms with Gasteiger partial charge in [0.05, 0.1) is 19.3 Å². The van der Waals surface area contributed by atoms with Crippen molar-refractivity contribution in [3.63, 3.8) is 0 Å². The second kappa shape index (κ2) is 12.3. The van der Waals surface area contributed by atoms with Crippen LogP contribution >= 0.6 is 24.0 Å². The Labute approximate surface area is 206 Å². The molecule has 32 heavy (non-hydrogen) atoms. The van der Waals surface area contributed by atoms with Crippen molar-refractivity contribution >= 4 is 29.9 Å². The zero-order valence-corrected chi connectivity index (χ0v) is 21.5. The normalized spacial score (nSPS) is 12.0. The van der Waals surface area contributed by atoms with E-state index in [1.807, 2.05) is 74.1 Å². The number of pyridine rings is 1. The van der Waals surface area contributed by atoms with Crippen molar-refractivity contribution in [3.8, 4) is 17.3 Å². The van der Waals surface area contributed by atoms with E-state index in [0.29, 0.717) is 24.8 Å². The van der Waals surface area contributed by atoms with Gasteiger partial charge in [-0.2, -0.15) is 5.10 Å². The molecular formula is C23H31IN6O2. The van der Waals surface area contributed by atoms with Gasteiger partial charge in [0, 0.05) is 25.5 Å². The highest BCUT2D eigenvalue weighted by Crippen LogP contribution is 2.26. The minimum absolute atomic E-state index is 0. The average Bonchev–Trinajstić information content (AvgIpc) is 3.12. The third-order valence-electron chi connectivity index (χ3n) is 4.67. The van der Waals surface area contributed by atoms with E-state index in [0.717, 1.165) is 28.5 Å². The third-order valence-corrected chi connectivity index (χ3v) is 4.67. The number of para-hydroxylation sites is 2. The Morgan fingerprint density at radius 2 is 1.88 bits per heavy atom. The van der Waals surface area contributed by atoms with Crippen LogP contribution in [0.25, 0.3) is 5.82 Å². The molecule has 0 saturated heterocycles. The molecule has 0 spiro atoms. The maximum Gasteiger partial charge on any atom is 0.191 e. The molecule has 2 N–H and O–H groups in total. The summed E-state index contributed by atoms with van der Waals surface area (Å²) in [6.45, 7) is 7.18. The highest BCUT2D eigenvalue weighted by Gasteiger charge is 2.10. The molecule has 0 saturated carbocycles. The molecule has 3 aromatic rings. The monoisotopic (exact) mass is 550 g/mol. The molecule has 2 aromatic heterocycles. The lowest BCUT2D eigenvalue weighted by Crippen LogP contribution is -2.41. The number of guanidine groups is 1. The summed E-state index contributed by atoms with van der Waals surface area (Å²) >= 11 is 0. The largest absolute Gasteiger partial charge is 0.493 e. The molecule has 0 aliphatic heterocycles. The van der Waals surface area contributed by atoms with Crippen LogP contribution in [-0.2, 0) is 6.54 Å². The fraction of sp³-hybridized carbons (Fsp3) is 0.348. The highest BCUT2D eigenvalue weighted by molar-refractivity contribution is 14.0. The summed E-state index contributed by atoms with van der Waals surface area (Å²) in [4.78, 5) is 8.81. The molecule has 0 radical (unpaired) electrons. The summed E-state index contributed by atoms with van der Waals surface area (Å²) < 4.78 is 13.1. The summed E-state index contributed by atoms with van der Waals surface area (Å²) in [6, 6.07) is 13.6. The Kier molecular flexibility index (Phi) is 9.76. The van der Waals surface area contributed by atoms with Gasteiger partial charge >= 0.3 is 0 Å². The van der Waals surface area contributed by atoms with E-state index < -0.39 is 0 Å². The molecule has 0 fully saturated rings. The first-order chi connectivity index (χ1) is 15.0. The number of aliphatic imine (C=N–C) groups is 1. The Morgan fingerprint density at radius 3 is 2.47 bits per heavy atom. The predicted molar refractivity (Wildman–Crippen MR) is 138 cm³/mol. The molecule has 0 aliphatic rings. The summed E-state index contributed by atoms with van der Waals surface area (Å²) in [7, 11) is 3.38. The van der Waals surface area contributed by atoms with E-state index in [4.69, 9.17) is 9.47 Å². The number of ether oxygens (including phenoxy) is 2. The molecular weight excluding hydrogens is 519 g/mol. The minimum Gasteiger partial charge on any atom is -0.493 e. The van der Waals surface area contributed by atoms with Crippen LogP contribution in [0.4, 0.5) is 0 Å². The number of halogens is 1. The van der Waals surface area contributed by atoms with Crippen molar-refractivity contribution < 1.29 is 9.47 Å². The van der Waals surface area contributed by atoms with Gasteiger partial charge in [-0.05, 0) is 50.6 Å². The average molecular weight is 550 g/mol. The first-order valence-electron chi connectivity index (χ1n) is 10.2. The van der Waals surface area contributed by atoms with Crippen LogP contribution in [0.1, 0.15) is 23.9 Å². The van der Waals surface area contributed by atoms with Gasteiger partial charge in [-0.3, -0.25) is 4.99 Å². The van der Waals surface area contributed by atoms with Crippen LogP contribution < -0.4 is 20.1 Å². The zero-order chi connectivity index (χ0) is 22.2. The first kappa shape index (κ1) is 25.4. The van der Waals surface area contributed by atoms with E-state index in [9.17, 15) is 0 Å². The lowest BCUT2D eigenvalue weighted by Gasteiger charge is -2.19. The van der Waals surface area contributed by atoms with Crippen molar-refractivity contribution in [2.24, 2.45) is 4.99 Å². The molecule has 0 aliphatic carbocycles. The second-order valence-electron chi connectivity index (χ2n) is 7.25. The number of aryl methyl sites for hydroxylation is 2. The topological polar surface area (TPSA) is 85.6 Å². The minimum atomic E-state index is -0.0726. The fourth-order valence-electron chi connectivity index (χ4n) is 3.13. The molecule has 0 amide bonds. The molecule has 0 bridgehead atoms. The number of hydrogen-bond donors (Lipinski definition) is 2. The summed E-state index contributed by atoms with van der Waals surface area (Å²) in [5.41, 5.74) is 3.08. The smallest absolute Gasteiger partial charge is 0.191 e. The molecule has 1 atom stereocenters. The van der Waals surface area contributed by atoms with Crippen LogP contribution in [-0.4, -0.2) is 47.5 Å². The van der Waals surface area contributed by atoms with E-state index in [1.54, 1.807) is 14.2 Å². The van der Waals surface area contributed by atoms with Crippen molar-refractivity contribution in [2.75, 3.05) is 20.7 Å². The molecule has 8 nitrogen and oxygen atoms in total. The Morgan fingerprint density at radius 1 is 1.12 bits per heavy atom. The lowest BCUT2D eigenvalue weighted by atomic mass is 10.3. The number of aromatic nitrogens is 3. The van der Waals surface area contributed by atoms with Crippen molar-refractivity contribution in [3.05, 3.63) is 65.6 Å². The van der Waals surface area contributed by atoms with Gasteiger partial charge in [0.2, 0.25) is 0 Å². The number of nitrogens with zero attached hydrogens (tertiary/aromatic N) is 4. The van der Waals surface area contributed by atoms with E-state index in [1.165, 1.54) is 0 Å². The molecule has 3 rings (SSSR count). The lowest BCUT2D eigenvalue weighted by molar-refractivity contribution is 0.213. The number of methoxy groups -OCH3 is 1. The fourth-order valence-corrected chi connectivity index (χ4v) is 3.13. The zero-order valence-electron chi connectivity index (χ0n) is 19.1. The molecule has 9 heteroatoms. The predicted octanol–water partition coefficient (Wildman–Crippen LogP) is 3.64. The van der Waals surface area contributed by atoms with Gasteiger partial charge in [-0.15, -0.1) is 24.0 Å². The van der Waals surface area contributed by atoms with Crippen LogP contribution in [0.2, 0.25) is 0 Å². The SMILES string of the molecule is CN=C(NCc1ccc(-n2nc(C)cc2C)nc1)NCC(C)Oc1ccccc1OC.I. The van der Waals surface area contributed by atoms with Crippen molar-refractivity contribution in [2.45, 2.75) is 33.4 Å². The van der Waals surface area contributed by atoms with Crippen LogP contribution in [0, 0.1) is 13.8 Å². The second-order valence-corrected chi connectivity index (χ2v) is 7.25. The number of rotatable bonds is 8. The van der Waals surface area contributed by atoms with Crippen LogP contribution in [0.15, 0.2) is 53.7 Å². The van der Waals surface area contributed by atoms with Crippen LogP contribution in [0.5, 0.6) is 11.5 Å². The van der Waals surface area contributed by atoms with Gasteiger partial charge in [0.15, 0.2) is 23.3 Å². The Balaban J connectivity index is 0.00000363. The standard InChI is InChI=1S/C23H30N6O2.HI/c1-16-12-17(2)29(28-16)22-11-10-19(14-25-22)15-27-23(24-4)26-13-18(3)31-21-9-7-6-8-20(21)30-5;/h6-12,14,18H,13,15H2,1-5H3,(H2,24,26,27);1H. The van der Waals surface area contributed by atoms with Gasteiger partial charge < -0.3 is 20.1 Å². The number of hydrogen-bond acceptors (Lipinski definition) is 5. The summed E-state index contributed by atoms with van der Waals surface area (Å²) in [5, 5.41) is 11.1. The van der Waals surface area contributed by atoms with Crippen molar-refractivity contribution in [1.29, 1.82) is 0 Å². The van der Waals surface area contributed by atoms with E-state index >= 15 is 0 Å². The quantitative estimate of drug-likeness (QED) is 0.253. The Bertz CT molecular complexity index is 1020. The van der Waals surface area contributed by atoms with E-state index in [2.05, 4.69) is 25.7 Å². The molecule has 1 aromatic carbocycles. The third kappa shape index (κ3) is 6.84. The van der Waals surface area contributed by atoms with Gasteiger partial charge in [0.25, 0.3) is 0 Å². The molecule has 172 valence electrons. The summed E-state index contributed by atoms with van der Waals surface area (Å²) in [5.74, 6) is 2.93. The number of benzene rings is 1. The van der Waals surface area contributed by atoms with Gasteiger partial charge in [0.1, 0.15) is 6.10 Å². The summed E-state index contributed by atoms with van der Waals surface area (Å²) in [6.07, 6.45) is 1.77. The van der Waals surface area contributed by atoms with Gasteiger partial charge in [-0.1, -0.05) is 18.2 Å².